The third-order valence-corrected chi connectivity index (χ3v) is 6.26. The zero-order valence-corrected chi connectivity index (χ0v) is 21.3. The van der Waals surface area contributed by atoms with Gasteiger partial charge in [-0.15, -0.1) is 0 Å². The molecule has 1 aliphatic heterocycles. The predicted octanol–water partition coefficient (Wildman–Crippen LogP) is 6.70. The third-order valence-electron chi connectivity index (χ3n) is 6.26. The molecule has 1 aromatic heterocycles. The van der Waals surface area contributed by atoms with Gasteiger partial charge >= 0.3 is 0 Å². The van der Waals surface area contributed by atoms with E-state index in [0.717, 1.165) is 27.8 Å². The highest BCUT2D eigenvalue weighted by Gasteiger charge is 2.44. The molecule has 6 heteroatoms. The van der Waals surface area contributed by atoms with Crippen molar-refractivity contribution in [3.63, 3.8) is 0 Å². The molecule has 0 bridgehead atoms. The lowest BCUT2D eigenvalue weighted by molar-refractivity contribution is -0.130. The number of benzene rings is 3. The standard InChI is InChI=1S/C31H29NO5/c1-19-8-7-10-22(16-19)27-26(28(33)25-17-21-9-5-6-11-24(21)36-25)29(34)30(35)32(27)18-20-12-14-23(15-13-20)37-31(2,3)4/h5-17,27,34H,18H2,1-4H3. The van der Waals surface area contributed by atoms with Crippen LogP contribution in [0.25, 0.3) is 11.0 Å². The van der Waals surface area contributed by atoms with Gasteiger partial charge in [0, 0.05) is 11.9 Å². The van der Waals surface area contributed by atoms with E-state index in [0.29, 0.717) is 5.58 Å². The molecular weight excluding hydrogens is 466 g/mol. The first kappa shape index (κ1) is 24.4. The Balaban J connectivity index is 1.52. The van der Waals surface area contributed by atoms with Gasteiger partial charge in [-0.3, -0.25) is 9.59 Å². The summed E-state index contributed by atoms with van der Waals surface area (Å²) in [6, 6.07) is 23.3. The van der Waals surface area contributed by atoms with E-state index in [-0.39, 0.29) is 23.5 Å². The van der Waals surface area contributed by atoms with E-state index < -0.39 is 23.5 Å². The van der Waals surface area contributed by atoms with Crippen molar-refractivity contribution >= 4 is 22.7 Å². The number of furan rings is 1. The van der Waals surface area contributed by atoms with Crippen LogP contribution in [0, 0.1) is 6.92 Å². The van der Waals surface area contributed by atoms with Gasteiger partial charge in [-0.25, -0.2) is 0 Å². The van der Waals surface area contributed by atoms with Gasteiger partial charge in [0.2, 0.25) is 5.78 Å². The van der Waals surface area contributed by atoms with E-state index in [1.54, 1.807) is 12.1 Å². The Kier molecular flexibility index (Phi) is 6.12. The lowest BCUT2D eigenvalue weighted by Crippen LogP contribution is -2.30. The van der Waals surface area contributed by atoms with Crippen LogP contribution in [0.3, 0.4) is 0 Å². The fourth-order valence-corrected chi connectivity index (χ4v) is 4.68. The molecule has 0 spiro atoms. The first-order valence-corrected chi connectivity index (χ1v) is 12.2. The maximum Gasteiger partial charge on any atom is 0.290 e. The van der Waals surface area contributed by atoms with Crippen LogP contribution < -0.4 is 4.74 Å². The molecule has 1 atom stereocenters. The van der Waals surface area contributed by atoms with Crippen molar-refractivity contribution in [1.82, 2.24) is 4.90 Å². The summed E-state index contributed by atoms with van der Waals surface area (Å²) < 4.78 is 11.7. The van der Waals surface area contributed by atoms with Crippen LogP contribution in [0.15, 0.2) is 94.6 Å². The molecule has 0 fully saturated rings. The molecule has 37 heavy (non-hydrogen) atoms. The minimum Gasteiger partial charge on any atom is -0.503 e. The number of aryl methyl sites for hydroxylation is 1. The Morgan fingerprint density at radius 2 is 1.73 bits per heavy atom. The Labute approximate surface area is 215 Å². The molecule has 188 valence electrons. The number of carbonyl (C=O) groups is 2. The van der Waals surface area contributed by atoms with Crippen molar-refractivity contribution in [3.05, 3.63) is 113 Å². The Morgan fingerprint density at radius 1 is 1.00 bits per heavy atom. The maximum absolute atomic E-state index is 13.7. The zero-order chi connectivity index (χ0) is 26.3. The SMILES string of the molecule is Cc1cccc(C2C(C(=O)c3cc4ccccc4o3)=C(O)C(=O)N2Cc2ccc(OC(C)(C)C)cc2)c1. The summed E-state index contributed by atoms with van der Waals surface area (Å²) >= 11 is 0. The third kappa shape index (κ3) is 4.87. The van der Waals surface area contributed by atoms with Crippen LogP contribution >= 0.6 is 0 Å². The van der Waals surface area contributed by atoms with Gasteiger partial charge in [0.25, 0.3) is 5.91 Å². The highest BCUT2D eigenvalue weighted by atomic mass is 16.5. The van der Waals surface area contributed by atoms with E-state index >= 15 is 0 Å². The maximum atomic E-state index is 13.7. The number of hydrogen-bond acceptors (Lipinski definition) is 5. The molecule has 1 N–H and O–H groups in total. The molecule has 1 amide bonds. The Morgan fingerprint density at radius 3 is 2.41 bits per heavy atom. The van der Waals surface area contributed by atoms with Gasteiger partial charge in [0.05, 0.1) is 11.6 Å². The van der Waals surface area contributed by atoms with E-state index in [1.807, 2.05) is 94.4 Å². The lowest BCUT2D eigenvalue weighted by atomic mass is 9.94. The van der Waals surface area contributed by atoms with Gasteiger partial charge in [-0.1, -0.05) is 60.2 Å². The van der Waals surface area contributed by atoms with Crippen molar-refractivity contribution in [2.45, 2.75) is 45.9 Å². The monoisotopic (exact) mass is 495 g/mol. The normalized spacial score (nSPS) is 16.1. The molecular formula is C31H29NO5. The van der Waals surface area contributed by atoms with Crippen LogP contribution in [0.4, 0.5) is 0 Å². The molecule has 0 saturated heterocycles. The predicted molar refractivity (Wildman–Crippen MR) is 141 cm³/mol. The minimum absolute atomic E-state index is 0.0161. The number of fused-ring (bicyclic) bond motifs is 1. The lowest BCUT2D eigenvalue weighted by Gasteiger charge is -2.27. The average molecular weight is 496 g/mol. The number of amides is 1. The summed E-state index contributed by atoms with van der Waals surface area (Å²) in [5.74, 6) is -0.852. The topological polar surface area (TPSA) is 80.0 Å². The van der Waals surface area contributed by atoms with Crippen LogP contribution in [-0.4, -0.2) is 27.3 Å². The zero-order valence-electron chi connectivity index (χ0n) is 21.3. The highest BCUT2D eigenvalue weighted by Crippen LogP contribution is 2.41. The first-order chi connectivity index (χ1) is 17.6. The molecule has 4 aromatic rings. The van der Waals surface area contributed by atoms with Crippen molar-refractivity contribution < 1.29 is 23.8 Å². The number of hydrogen-bond donors (Lipinski definition) is 1. The molecule has 6 nitrogen and oxygen atoms in total. The van der Waals surface area contributed by atoms with Crippen molar-refractivity contribution in [1.29, 1.82) is 0 Å². The van der Waals surface area contributed by atoms with Crippen molar-refractivity contribution in [2.24, 2.45) is 0 Å². The summed E-state index contributed by atoms with van der Waals surface area (Å²) in [6.07, 6.45) is 0. The van der Waals surface area contributed by atoms with E-state index in [4.69, 9.17) is 9.15 Å². The quantitative estimate of drug-likeness (QED) is 0.301. The second-order valence-corrected chi connectivity index (χ2v) is 10.3. The Hall–Kier alpha value is -4.32. The highest BCUT2D eigenvalue weighted by molar-refractivity contribution is 6.16. The van der Waals surface area contributed by atoms with Crippen LogP contribution in [-0.2, 0) is 11.3 Å². The molecule has 0 aliphatic carbocycles. The number of para-hydroxylation sites is 1. The number of aliphatic hydroxyl groups is 1. The van der Waals surface area contributed by atoms with Gasteiger partial charge < -0.3 is 19.2 Å². The molecule has 1 aliphatic rings. The van der Waals surface area contributed by atoms with Crippen molar-refractivity contribution in [2.75, 3.05) is 0 Å². The summed E-state index contributed by atoms with van der Waals surface area (Å²) in [7, 11) is 0. The minimum atomic E-state index is -0.765. The molecule has 3 aromatic carbocycles. The molecule has 0 radical (unpaired) electrons. The first-order valence-electron chi connectivity index (χ1n) is 12.2. The largest absolute Gasteiger partial charge is 0.503 e. The second-order valence-electron chi connectivity index (χ2n) is 10.3. The number of aliphatic hydroxyl groups excluding tert-OH is 1. The molecule has 2 heterocycles. The molecule has 1 unspecified atom stereocenters. The van der Waals surface area contributed by atoms with Gasteiger partial charge in [-0.05, 0) is 63.1 Å². The summed E-state index contributed by atoms with van der Waals surface area (Å²) in [6.45, 7) is 8.08. The smallest absolute Gasteiger partial charge is 0.290 e. The number of ketones is 1. The van der Waals surface area contributed by atoms with E-state index in [1.165, 1.54) is 4.90 Å². The van der Waals surface area contributed by atoms with Gasteiger partial charge in [0.15, 0.2) is 11.5 Å². The second kappa shape index (κ2) is 9.28. The number of ether oxygens (including phenoxy) is 1. The molecule has 0 saturated carbocycles. The average Bonchev–Trinajstić information content (AvgIpc) is 3.39. The van der Waals surface area contributed by atoms with Crippen LogP contribution in [0.5, 0.6) is 5.75 Å². The number of nitrogens with zero attached hydrogens (tertiary/aromatic N) is 1. The summed E-state index contributed by atoms with van der Waals surface area (Å²) in [5.41, 5.74) is 2.82. The van der Waals surface area contributed by atoms with Crippen LogP contribution in [0.1, 0.15) is 54.1 Å². The van der Waals surface area contributed by atoms with E-state index in [9.17, 15) is 14.7 Å². The summed E-state index contributed by atoms with van der Waals surface area (Å²) in [4.78, 5) is 28.6. The van der Waals surface area contributed by atoms with Crippen LogP contribution in [0.2, 0.25) is 0 Å². The Bertz CT molecular complexity index is 1490. The van der Waals surface area contributed by atoms with Gasteiger partial charge in [-0.2, -0.15) is 0 Å². The number of Topliss-reactive ketones (excluding diaryl/α,β-unsaturated/α-hetero) is 1. The van der Waals surface area contributed by atoms with Crippen molar-refractivity contribution in [3.8, 4) is 5.75 Å². The molecule has 5 rings (SSSR count). The fraction of sp³-hybridized carbons (Fsp3) is 0.226. The van der Waals surface area contributed by atoms with E-state index in [2.05, 4.69) is 0 Å². The number of rotatable bonds is 6. The van der Waals surface area contributed by atoms with Gasteiger partial charge in [0.1, 0.15) is 16.9 Å². The summed E-state index contributed by atoms with van der Waals surface area (Å²) in [5, 5.41) is 11.8. The fourth-order valence-electron chi connectivity index (χ4n) is 4.68. The number of carbonyl (C=O) groups excluding carboxylic acids is 2.